The Balaban J connectivity index is 0.000000142. The zero-order chi connectivity index (χ0) is 92.6. The highest BCUT2D eigenvalue weighted by Crippen LogP contribution is 2.43. The predicted octanol–water partition coefficient (Wildman–Crippen LogP) is 26.8. The van der Waals surface area contributed by atoms with Crippen molar-refractivity contribution in [3.8, 4) is 28.9 Å². The van der Waals surface area contributed by atoms with Gasteiger partial charge in [-0.2, -0.15) is 0 Å². The first-order valence-corrected chi connectivity index (χ1v) is 47.1. The van der Waals surface area contributed by atoms with E-state index in [2.05, 4.69) is 137 Å². The largest absolute Gasteiger partial charge is 0.508 e. The second-order valence-corrected chi connectivity index (χ2v) is 34.6. The van der Waals surface area contributed by atoms with Crippen LogP contribution in [-0.2, 0) is 6.42 Å². The predicted molar refractivity (Wildman–Crippen MR) is 544 cm³/mol. The molecule has 7 N–H and O–H groups in total. The normalized spacial score (nSPS) is 12.9. The molecular weight excluding hydrogens is 1750 g/mol. The number of rotatable bonds is 32. The number of aromatic hydroxyl groups is 4. The van der Waals surface area contributed by atoms with Crippen LogP contribution in [0.5, 0.6) is 28.9 Å². The lowest BCUT2D eigenvalue weighted by Gasteiger charge is -2.20. The molecule has 1 aliphatic heterocycles. The van der Waals surface area contributed by atoms with E-state index in [1.165, 1.54) is 42.7 Å². The highest BCUT2D eigenvalue weighted by atomic mass is 35.5. The summed E-state index contributed by atoms with van der Waals surface area (Å²) < 4.78 is 27.9. The van der Waals surface area contributed by atoms with Crippen molar-refractivity contribution in [2.75, 3.05) is 91.3 Å². The number of nitrogens with zero attached hydrogens (tertiary/aromatic N) is 6. The Bertz CT molecular complexity index is 6450. The van der Waals surface area contributed by atoms with Crippen molar-refractivity contribution in [3.63, 3.8) is 0 Å². The molecule has 0 atom stereocenters. The SMILES string of the molecule is CCC(=C(c1ccc(O)cc1)c1ccc(CCCN2CCCC2)nc1)c1ccc2oc(Cl)cc2c1.CCC(=C(c1ccc(O)cc1)c1ccc(N(C)CCNC)nc1)c1ccc2oc(Cl)cc2c1.CCC(=C(c1ccc(O)cc1)c1ccc(OCCNC)nc1)c1ccc2oc(Cl)cc2c1.CCC(=C(c1ccc(O)cc1)c1ccc(SCCNC)nc1)c1ccc2oc(Cl)cc2c1. The molecule has 16 aromatic rings. The lowest BCUT2D eigenvalue weighted by Crippen LogP contribution is -2.27. The first-order chi connectivity index (χ1) is 64.3. The van der Waals surface area contributed by atoms with Gasteiger partial charge in [0.05, 0.1) is 5.03 Å². The number of aryl methyl sites for hydroxylation is 1. The monoisotopic (exact) mass is 1860 g/mol. The molecule has 1 saturated heterocycles. The van der Waals surface area contributed by atoms with Gasteiger partial charge in [-0.1, -0.05) is 113 Å². The van der Waals surface area contributed by atoms with Crippen molar-refractivity contribution < 1.29 is 42.8 Å². The van der Waals surface area contributed by atoms with E-state index in [-0.39, 0.29) is 23.0 Å². The molecular formula is C109H109Cl4N9O9S. The summed E-state index contributed by atoms with van der Waals surface area (Å²) in [5, 5.41) is 55.1. The van der Waals surface area contributed by atoms with Crippen LogP contribution in [0.4, 0.5) is 5.82 Å². The summed E-state index contributed by atoms with van der Waals surface area (Å²) in [5.74, 6) is 3.45. The first kappa shape index (κ1) is 95.7. The van der Waals surface area contributed by atoms with E-state index in [0.717, 1.165) is 232 Å². The average Bonchev–Trinajstić information content (AvgIpc) is 1.26. The number of phenolic OH excluding ortho intramolecular Hbond substituents is 4. The van der Waals surface area contributed by atoms with E-state index in [0.29, 0.717) is 33.4 Å². The summed E-state index contributed by atoms with van der Waals surface area (Å²) in [7, 11) is 7.82. The Kier molecular flexibility index (Phi) is 33.8. The molecule has 0 amide bonds. The van der Waals surface area contributed by atoms with Gasteiger partial charge in [0.25, 0.3) is 0 Å². The van der Waals surface area contributed by atoms with Crippen LogP contribution >= 0.6 is 58.2 Å². The second-order valence-electron chi connectivity index (χ2n) is 32.0. The number of phenols is 4. The van der Waals surface area contributed by atoms with Gasteiger partial charge in [0.2, 0.25) is 5.88 Å². The first-order valence-electron chi connectivity index (χ1n) is 44.6. The Labute approximate surface area is 795 Å². The summed E-state index contributed by atoms with van der Waals surface area (Å²) in [6.45, 7) is 16.2. The molecule has 1 fully saturated rings. The molecule has 0 radical (unpaired) electrons. The molecule has 1 aliphatic rings. The molecule has 17 rings (SSSR count). The minimum absolute atomic E-state index is 0.229. The molecule has 9 heterocycles. The van der Waals surface area contributed by atoms with Gasteiger partial charge in [0, 0.05) is 144 Å². The van der Waals surface area contributed by atoms with E-state index in [4.69, 9.17) is 83.8 Å². The zero-order valence-electron chi connectivity index (χ0n) is 75.4. The number of furan rings is 4. The van der Waals surface area contributed by atoms with Crippen molar-refractivity contribution in [2.24, 2.45) is 0 Å². The zero-order valence-corrected chi connectivity index (χ0v) is 79.2. The highest BCUT2D eigenvalue weighted by molar-refractivity contribution is 7.99. The molecule has 678 valence electrons. The highest BCUT2D eigenvalue weighted by Gasteiger charge is 2.23. The molecule has 0 aliphatic carbocycles. The number of benzene rings is 8. The smallest absolute Gasteiger partial charge is 0.213 e. The summed E-state index contributed by atoms with van der Waals surface area (Å²) >= 11 is 26.0. The Morgan fingerprint density at radius 3 is 1.05 bits per heavy atom. The number of allylic oxidation sites excluding steroid dienone is 4. The molecule has 8 aromatic carbocycles. The summed E-state index contributed by atoms with van der Waals surface area (Å²) in [4.78, 5) is 23.5. The van der Waals surface area contributed by atoms with E-state index in [9.17, 15) is 20.4 Å². The van der Waals surface area contributed by atoms with Crippen LogP contribution in [0.2, 0.25) is 20.9 Å². The molecule has 0 unspecified atom stereocenters. The number of hydrogen-bond donors (Lipinski definition) is 7. The number of fused-ring (bicyclic) bond motifs is 4. The van der Waals surface area contributed by atoms with Crippen molar-refractivity contribution in [2.45, 2.75) is 84.1 Å². The fraction of sp³-hybridized carbons (Fsp3) is 0.229. The second kappa shape index (κ2) is 46.6. The number of thioether (sulfide) groups is 1. The Morgan fingerprint density at radius 1 is 0.386 bits per heavy atom. The number of halogens is 4. The van der Waals surface area contributed by atoms with Crippen LogP contribution in [-0.4, -0.2) is 132 Å². The Hall–Kier alpha value is -12.4. The summed E-state index contributed by atoms with van der Waals surface area (Å²) in [6, 6.07) is 77.8. The minimum Gasteiger partial charge on any atom is -0.508 e. The molecule has 0 bridgehead atoms. The lowest BCUT2D eigenvalue weighted by atomic mass is 9.88. The van der Waals surface area contributed by atoms with E-state index in [1.54, 1.807) is 60.3 Å². The molecule has 0 spiro atoms. The van der Waals surface area contributed by atoms with Crippen LogP contribution in [0.1, 0.15) is 145 Å². The van der Waals surface area contributed by atoms with Gasteiger partial charge in [-0.25, -0.2) is 15.0 Å². The van der Waals surface area contributed by atoms with Gasteiger partial charge >= 0.3 is 0 Å². The van der Waals surface area contributed by atoms with Gasteiger partial charge in [-0.3, -0.25) is 4.98 Å². The van der Waals surface area contributed by atoms with E-state index >= 15 is 0 Å². The number of hydrogen-bond acceptors (Lipinski definition) is 19. The molecule has 132 heavy (non-hydrogen) atoms. The average molecular weight is 1860 g/mol. The van der Waals surface area contributed by atoms with Crippen molar-refractivity contribution in [1.29, 1.82) is 0 Å². The third-order valence-corrected chi connectivity index (χ3v) is 24.9. The summed E-state index contributed by atoms with van der Waals surface area (Å²) in [5.41, 5.74) is 25.9. The standard InChI is InChI=1S/C30H31ClN2O2.C27H28ClN3O2.C26H25ClN2O3.C26H25ClN2O2S/c1-2-27(22-10-14-28-24(18-22)19-29(31)35-28)30(21-8-12-26(34)13-9-21)23-7-11-25(32-20-23)6-5-17-33-15-3-4-16-33;1-4-23(19-7-11-24-21(15-19)16-25(28)33-24)27(18-5-9-22(32)10-6-18)20-8-12-26(30-17-20)31(3)14-13-29-2;1-3-22(18-6-10-23-20(14-18)15-24(27)32-23)26(17-4-8-21(30)9-5-17)19-7-11-25(29-16-19)31-13-12-28-2;1-3-22(18-6-10-23-20(14-18)15-24(27)31-23)26(17-4-8-21(30)9-5-17)19-7-11-25(29-16-19)32-13-12-28-2/h7-14,18-20,34H,2-6,15-17H2,1H3;5-12,15-17,29,32H,4,13-14H2,1-3H3;2*4-11,14-16,28,30H,3,12-13H2,1-2H3. The van der Waals surface area contributed by atoms with Crippen LogP contribution < -0.4 is 25.6 Å². The lowest BCUT2D eigenvalue weighted by molar-refractivity contribution is 0.306. The van der Waals surface area contributed by atoms with Gasteiger partial charge in [0.15, 0.2) is 20.9 Å². The van der Waals surface area contributed by atoms with Crippen molar-refractivity contribution in [3.05, 3.63) is 361 Å². The summed E-state index contributed by atoms with van der Waals surface area (Å²) in [6.07, 6.45) is 15.8. The maximum absolute atomic E-state index is 9.89. The Morgan fingerprint density at radius 2 is 0.727 bits per heavy atom. The number of ether oxygens (including phenoxy) is 1. The van der Waals surface area contributed by atoms with Gasteiger partial charge in [0.1, 0.15) is 57.8 Å². The topological polar surface area (TPSA) is 237 Å². The van der Waals surface area contributed by atoms with E-state index < -0.39 is 0 Å². The van der Waals surface area contributed by atoms with Crippen molar-refractivity contribution in [1.82, 2.24) is 40.8 Å². The number of aromatic nitrogens is 4. The number of likely N-dealkylation sites (N-methyl/N-ethyl adjacent to an activating group) is 3. The number of pyridine rings is 4. The van der Waals surface area contributed by atoms with Crippen LogP contribution in [0, 0.1) is 0 Å². The third kappa shape index (κ3) is 24.7. The maximum Gasteiger partial charge on any atom is 0.213 e. The quantitative estimate of drug-likeness (QED) is 0.0118. The molecule has 8 aromatic heterocycles. The van der Waals surface area contributed by atoms with Crippen molar-refractivity contribution >= 4 is 152 Å². The minimum atomic E-state index is 0.229. The molecule has 23 heteroatoms. The maximum atomic E-state index is 9.89. The number of likely N-dealkylation sites (tertiary alicyclic amines) is 1. The van der Waals surface area contributed by atoms with Crippen LogP contribution in [0.25, 0.3) is 88.5 Å². The van der Waals surface area contributed by atoms with Gasteiger partial charge in [-0.05, 0) is 355 Å². The molecule has 18 nitrogen and oxygen atoms in total. The fourth-order valence-electron chi connectivity index (χ4n) is 16.6. The number of anilines is 1. The molecule has 0 saturated carbocycles. The van der Waals surface area contributed by atoms with Crippen LogP contribution in [0.3, 0.4) is 0 Å². The van der Waals surface area contributed by atoms with Gasteiger partial charge < -0.3 is 68.6 Å². The third-order valence-electron chi connectivity index (χ3n) is 23.2. The number of nitrogens with one attached hydrogen (secondary N) is 3. The van der Waals surface area contributed by atoms with E-state index in [1.807, 2.05) is 168 Å². The van der Waals surface area contributed by atoms with Gasteiger partial charge in [-0.15, -0.1) is 11.8 Å². The fourth-order valence-corrected chi connectivity index (χ4v) is 18.2. The van der Waals surface area contributed by atoms with Crippen LogP contribution in [0.15, 0.2) is 290 Å².